The van der Waals surface area contributed by atoms with Gasteiger partial charge in [-0.1, -0.05) is 20.8 Å². The largest absolute Gasteiger partial charge is 0.481 e. The monoisotopic (exact) mass is 244 g/mol. The number of amides is 1. The van der Waals surface area contributed by atoms with Gasteiger partial charge in [-0.15, -0.1) is 0 Å². The van der Waals surface area contributed by atoms with Crippen molar-refractivity contribution in [2.45, 2.75) is 59.0 Å². The van der Waals surface area contributed by atoms with Gasteiger partial charge in [-0.25, -0.2) is 0 Å². The Hall–Kier alpha value is -1.10. The first-order chi connectivity index (χ1) is 7.64. The highest BCUT2D eigenvalue weighted by Crippen LogP contribution is 2.17. The number of nitrogens with one attached hydrogen (secondary N) is 1. The molecule has 0 saturated heterocycles. The molecule has 0 spiro atoms. The van der Waals surface area contributed by atoms with Crippen LogP contribution < -0.4 is 11.1 Å². The molecule has 17 heavy (non-hydrogen) atoms. The van der Waals surface area contributed by atoms with E-state index >= 15 is 0 Å². The normalized spacial score (nSPS) is 15.1. The number of carbonyl (C=O) groups excluding carboxylic acids is 1. The Morgan fingerprint density at radius 2 is 1.88 bits per heavy atom. The lowest BCUT2D eigenvalue weighted by Gasteiger charge is -2.27. The molecule has 1 unspecified atom stereocenters. The van der Waals surface area contributed by atoms with Gasteiger partial charge in [0.25, 0.3) is 0 Å². The van der Waals surface area contributed by atoms with Gasteiger partial charge in [-0.2, -0.15) is 0 Å². The zero-order valence-corrected chi connectivity index (χ0v) is 11.1. The smallest absolute Gasteiger partial charge is 0.303 e. The van der Waals surface area contributed by atoms with Crippen LogP contribution in [0, 0.1) is 5.41 Å². The Labute approximate surface area is 103 Å². The highest BCUT2D eigenvalue weighted by molar-refractivity contribution is 5.82. The van der Waals surface area contributed by atoms with E-state index in [2.05, 4.69) is 5.32 Å². The molecule has 0 heterocycles. The fraction of sp³-hybridized carbons (Fsp3) is 0.833. The number of nitrogens with two attached hydrogens (primary N) is 1. The summed E-state index contributed by atoms with van der Waals surface area (Å²) in [4.78, 5) is 22.1. The molecule has 0 aliphatic carbocycles. The molecule has 100 valence electrons. The fourth-order valence-corrected chi connectivity index (χ4v) is 1.36. The van der Waals surface area contributed by atoms with E-state index in [1.807, 2.05) is 27.7 Å². The molecule has 4 N–H and O–H groups in total. The Kier molecular flexibility index (Phi) is 6.16. The summed E-state index contributed by atoms with van der Waals surface area (Å²) < 4.78 is 0. The van der Waals surface area contributed by atoms with Crippen molar-refractivity contribution in [1.82, 2.24) is 5.32 Å². The van der Waals surface area contributed by atoms with E-state index in [0.717, 1.165) is 0 Å². The van der Waals surface area contributed by atoms with Crippen molar-refractivity contribution in [3.63, 3.8) is 0 Å². The molecule has 0 aromatic rings. The van der Waals surface area contributed by atoms with Crippen molar-refractivity contribution in [3.8, 4) is 0 Å². The third-order valence-corrected chi connectivity index (χ3v) is 2.63. The highest BCUT2D eigenvalue weighted by Gasteiger charge is 2.27. The minimum absolute atomic E-state index is 0.0461. The lowest BCUT2D eigenvalue weighted by atomic mass is 9.87. The second-order valence-corrected chi connectivity index (χ2v) is 5.54. The molecule has 0 rings (SSSR count). The number of carboxylic acids is 1. The van der Waals surface area contributed by atoms with E-state index in [0.29, 0.717) is 12.8 Å². The Morgan fingerprint density at radius 3 is 2.29 bits per heavy atom. The van der Waals surface area contributed by atoms with Gasteiger partial charge in [0.15, 0.2) is 0 Å². The van der Waals surface area contributed by atoms with E-state index < -0.39 is 12.0 Å². The van der Waals surface area contributed by atoms with Crippen LogP contribution in [0.5, 0.6) is 0 Å². The zero-order chi connectivity index (χ0) is 13.6. The summed E-state index contributed by atoms with van der Waals surface area (Å²) >= 11 is 0. The lowest BCUT2D eigenvalue weighted by Crippen LogP contribution is -2.50. The molecule has 1 amide bonds. The number of rotatable bonds is 6. The first-order valence-electron chi connectivity index (χ1n) is 5.92. The summed E-state index contributed by atoms with van der Waals surface area (Å²) in [7, 11) is 0. The number of carboxylic acid groups (broad SMARTS) is 1. The lowest BCUT2D eigenvalue weighted by molar-refractivity contribution is -0.137. The maximum Gasteiger partial charge on any atom is 0.303 e. The average molecular weight is 244 g/mol. The summed E-state index contributed by atoms with van der Waals surface area (Å²) in [5.74, 6) is -0.991. The van der Waals surface area contributed by atoms with Gasteiger partial charge in [0, 0.05) is 12.5 Å². The van der Waals surface area contributed by atoms with Gasteiger partial charge >= 0.3 is 5.97 Å². The molecule has 0 aliphatic heterocycles. The molecule has 0 radical (unpaired) electrons. The standard InChI is InChI=1S/C12H24N2O3/c1-8(6-5-7-9(15)16)14-11(17)10(13)12(2,3)4/h8,10H,5-7,13H2,1-4H3,(H,14,17)(H,15,16)/t8?,10-/m0/s1. The number of hydrogen-bond donors (Lipinski definition) is 3. The molecule has 0 aromatic carbocycles. The maximum atomic E-state index is 11.7. The molecule has 0 aromatic heterocycles. The average Bonchev–Trinajstić information content (AvgIpc) is 2.14. The molecule has 5 nitrogen and oxygen atoms in total. The third kappa shape index (κ3) is 6.94. The Bertz CT molecular complexity index is 271. The summed E-state index contributed by atoms with van der Waals surface area (Å²) in [6.07, 6.45) is 1.34. The summed E-state index contributed by atoms with van der Waals surface area (Å²) in [6.45, 7) is 7.58. The van der Waals surface area contributed by atoms with Crippen molar-refractivity contribution < 1.29 is 14.7 Å². The van der Waals surface area contributed by atoms with Gasteiger partial charge in [-0.05, 0) is 25.2 Å². The van der Waals surface area contributed by atoms with E-state index in [1.54, 1.807) is 0 Å². The zero-order valence-electron chi connectivity index (χ0n) is 11.1. The van der Waals surface area contributed by atoms with Crippen LogP contribution in [0.1, 0.15) is 47.0 Å². The number of aliphatic carboxylic acids is 1. The first-order valence-corrected chi connectivity index (χ1v) is 5.92. The van der Waals surface area contributed by atoms with Gasteiger partial charge in [0.1, 0.15) is 0 Å². The molecule has 0 fully saturated rings. The van der Waals surface area contributed by atoms with E-state index in [-0.39, 0.29) is 23.8 Å². The van der Waals surface area contributed by atoms with Crippen molar-refractivity contribution >= 4 is 11.9 Å². The highest BCUT2D eigenvalue weighted by atomic mass is 16.4. The number of carbonyl (C=O) groups is 2. The van der Waals surface area contributed by atoms with Crippen LogP contribution >= 0.6 is 0 Å². The second kappa shape index (κ2) is 6.59. The summed E-state index contributed by atoms with van der Waals surface area (Å²) in [5.41, 5.74) is 5.54. The molecular formula is C12H24N2O3. The van der Waals surface area contributed by atoms with Gasteiger partial charge in [0.05, 0.1) is 6.04 Å². The van der Waals surface area contributed by atoms with Crippen LogP contribution in [0.4, 0.5) is 0 Å². The molecule has 0 bridgehead atoms. The van der Waals surface area contributed by atoms with Crippen molar-refractivity contribution in [2.24, 2.45) is 11.1 Å². The predicted octanol–water partition coefficient (Wildman–Crippen LogP) is 1.12. The van der Waals surface area contributed by atoms with Crippen LogP contribution in [-0.4, -0.2) is 29.1 Å². The molecule has 0 aliphatic rings. The molecule has 2 atom stereocenters. The molecular weight excluding hydrogens is 220 g/mol. The quantitative estimate of drug-likeness (QED) is 0.652. The minimum Gasteiger partial charge on any atom is -0.481 e. The van der Waals surface area contributed by atoms with Crippen molar-refractivity contribution in [2.75, 3.05) is 0 Å². The van der Waals surface area contributed by atoms with Crippen LogP contribution in [0.2, 0.25) is 0 Å². The Balaban J connectivity index is 4.00. The van der Waals surface area contributed by atoms with Gasteiger partial charge in [0.2, 0.25) is 5.91 Å². The van der Waals surface area contributed by atoms with Crippen LogP contribution in [0.15, 0.2) is 0 Å². The molecule has 5 heteroatoms. The van der Waals surface area contributed by atoms with Crippen LogP contribution in [0.25, 0.3) is 0 Å². The predicted molar refractivity (Wildman–Crippen MR) is 66.5 cm³/mol. The molecule has 0 saturated carbocycles. The van der Waals surface area contributed by atoms with E-state index in [9.17, 15) is 9.59 Å². The number of hydrogen-bond acceptors (Lipinski definition) is 3. The summed E-state index contributed by atoms with van der Waals surface area (Å²) in [5, 5.41) is 11.3. The Morgan fingerprint density at radius 1 is 1.35 bits per heavy atom. The van der Waals surface area contributed by atoms with E-state index in [4.69, 9.17) is 10.8 Å². The van der Waals surface area contributed by atoms with Crippen molar-refractivity contribution in [3.05, 3.63) is 0 Å². The summed E-state index contributed by atoms with van der Waals surface area (Å²) in [6, 6.07) is -0.598. The fourth-order valence-electron chi connectivity index (χ4n) is 1.36. The van der Waals surface area contributed by atoms with Gasteiger partial charge in [-0.3, -0.25) is 9.59 Å². The SMILES string of the molecule is CC(CCCC(=O)O)NC(=O)[C@H](N)C(C)(C)C. The minimum atomic E-state index is -0.810. The van der Waals surface area contributed by atoms with Crippen LogP contribution in [0.3, 0.4) is 0 Å². The van der Waals surface area contributed by atoms with E-state index in [1.165, 1.54) is 0 Å². The second-order valence-electron chi connectivity index (χ2n) is 5.54. The third-order valence-electron chi connectivity index (χ3n) is 2.63. The van der Waals surface area contributed by atoms with Gasteiger partial charge < -0.3 is 16.2 Å². The maximum absolute atomic E-state index is 11.7. The van der Waals surface area contributed by atoms with Crippen molar-refractivity contribution in [1.29, 1.82) is 0 Å². The topological polar surface area (TPSA) is 92.4 Å². The van der Waals surface area contributed by atoms with Crippen LogP contribution in [-0.2, 0) is 9.59 Å². The first kappa shape index (κ1) is 15.9.